The summed E-state index contributed by atoms with van der Waals surface area (Å²) in [6, 6.07) is 18.8. The van der Waals surface area contributed by atoms with E-state index >= 15 is 0 Å². The predicted octanol–water partition coefficient (Wildman–Crippen LogP) is 3.03. The quantitative estimate of drug-likeness (QED) is 0.462. The monoisotopic (exact) mass is 150 g/mol. The van der Waals surface area contributed by atoms with Crippen LogP contribution in [0.3, 0.4) is 0 Å². The molecule has 2 bridgehead atoms. The van der Waals surface area contributed by atoms with Gasteiger partial charge in [-0.3, -0.25) is 0 Å². The second-order valence-electron chi connectivity index (χ2n) is 2.96. The van der Waals surface area contributed by atoms with E-state index in [4.69, 9.17) is 0 Å². The summed E-state index contributed by atoms with van der Waals surface area (Å²) in [5.41, 5.74) is 0. The van der Waals surface area contributed by atoms with Crippen LogP contribution >= 0.6 is 0 Å². The molecule has 4 aromatic rings. The number of rotatable bonds is 0. The molecule has 0 saturated carbocycles. The van der Waals surface area contributed by atoms with Crippen LogP contribution in [-0.4, -0.2) is 0 Å². The number of hydrogen-bond donors (Lipinski definition) is 0. The molecule has 4 rings (SSSR count). The third kappa shape index (κ3) is 0.586. The van der Waals surface area contributed by atoms with Crippen molar-refractivity contribution in [2.24, 2.45) is 0 Å². The van der Waals surface area contributed by atoms with Gasteiger partial charge in [0.2, 0.25) is 0 Å². The Morgan fingerprint density at radius 3 is 1.58 bits per heavy atom. The van der Waals surface area contributed by atoms with Crippen molar-refractivity contribution < 1.29 is 0 Å². The van der Waals surface area contributed by atoms with Gasteiger partial charge in [0, 0.05) is 10.8 Å². The van der Waals surface area contributed by atoms with Crippen molar-refractivity contribution in [3.63, 3.8) is 0 Å². The van der Waals surface area contributed by atoms with Crippen molar-refractivity contribution in [2.45, 2.75) is 0 Å². The van der Waals surface area contributed by atoms with Gasteiger partial charge in [0.15, 0.2) is 0 Å². The Balaban J connectivity index is 2.75. The van der Waals surface area contributed by atoms with E-state index in [-0.39, 0.29) is 0 Å². The van der Waals surface area contributed by atoms with E-state index in [2.05, 4.69) is 48.5 Å². The van der Waals surface area contributed by atoms with Gasteiger partial charge in [0.25, 0.3) is 0 Å². The van der Waals surface area contributed by atoms with E-state index in [9.17, 15) is 0 Å². The van der Waals surface area contributed by atoms with Crippen molar-refractivity contribution >= 4 is 21.5 Å². The summed E-state index contributed by atoms with van der Waals surface area (Å²) in [5, 5.41) is 4.88. The van der Waals surface area contributed by atoms with Gasteiger partial charge >= 0.3 is 0 Å². The lowest BCUT2D eigenvalue weighted by Gasteiger charge is -2.00. The van der Waals surface area contributed by atoms with Gasteiger partial charge in [-0.2, -0.15) is 0 Å². The first kappa shape index (κ1) is 5.85. The third-order valence-electron chi connectivity index (χ3n) is 2.26. The Morgan fingerprint density at radius 1 is 0.667 bits per heavy atom. The van der Waals surface area contributed by atoms with E-state index in [0.717, 1.165) is 10.8 Å². The van der Waals surface area contributed by atoms with E-state index in [1.54, 1.807) is 0 Å². The molecule has 0 aromatic heterocycles. The molecular formula is C12H6. The Hall–Kier alpha value is -1.74. The first-order valence-corrected chi connectivity index (χ1v) is 3.99. The molecule has 0 radical (unpaired) electrons. The van der Waals surface area contributed by atoms with Gasteiger partial charge in [-0.15, -0.1) is 0 Å². The fourth-order valence-electron chi connectivity index (χ4n) is 1.65. The van der Waals surface area contributed by atoms with Crippen LogP contribution in [0.5, 0.6) is 0 Å². The predicted molar refractivity (Wildman–Crippen MR) is 50.3 cm³/mol. The summed E-state index contributed by atoms with van der Waals surface area (Å²) < 4.78 is 0. The maximum Gasteiger partial charge on any atom is 0.0328 e. The number of benzene rings is 2. The Bertz CT molecular complexity index is 454. The van der Waals surface area contributed by atoms with Crippen LogP contribution in [0.15, 0.2) is 36.4 Å². The Morgan fingerprint density at radius 2 is 1.17 bits per heavy atom. The number of fused-ring (bicyclic) bond motifs is 1. The SMILES string of the molecule is c1c2ccc(c#1)c1ccccc21. The van der Waals surface area contributed by atoms with Crippen molar-refractivity contribution in [3.8, 4) is 0 Å². The van der Waals surface area contributed by atoms with Crippen LogP contribution in [0.1, 0.15) is 0 Å². The van der Waals surface area contributed by atoms with Crippen molar-refractivity contribution in [2.75, 3.05) is 0 Å². The minimum absolute atomic E-state index is 1.15. The zero-order chi connectivity index (χ0) is 7.97. The van der Waals surface area contributed by atoms with Gasteiger partial charge in [-0.25, -0.2) is 0 Å². The molecule has 0 fully saturated rings. The van der Waals surface area contributed by atoms with Gasteiger partial charge in [0.1, 0.15) is 0 Å². The molecule has 0 N–H and O–H groups in total. The van der Waals surface area contributed by atoms with Crippen LogP contribution in [0.4, 0.5) is 0 Å². The largest absolute Gasteiger partial charge is 0.0616 e. The summed E-state index contributed by atoms with van der Waals surface area (Å²) >= 11 is 0. The van der Waals surface area contributed by atoms with Crippen LogP contribution in [0.2, 0.25) is 0 Å². The zero-order valence-electron chi connectivity index (χ0n) is 6.46. The smallest absolute Gasteiger partial charge is 0.0328 e. The summed E-state index contributed by atoms with van der Waals surface area (Å²) in [4.78, 5) is 0. The molecule has 4 aromatic carbocycles. The molecule has 12 heavy (non-hydrogen) atoms. The highest BCUT2D eigenvalue weighted by Gasteiger charge is 1.98. The van der Waals surface area contributed by atoms with Gasteiger partial charge in [-0.05, 0) is 22.9 Å². The fraction of sp³-hybridized carbons (Fsp3) is 0. The first-order chi connectivity index (χ1) is 5.95. The summed E-state index contributed by atoms with van der Waals surface area (Å²) in [7, 11) is 0. The highest BCUT2D eigenvalue weighted by Crippen LogP contribution is 2.24. The molecule has 0 nitrogen and oxygen atoms in total. The van der Waals surface area contributed by atoms with Crippen LogP contribution in [0, 0.1) is 12.1 Å². The zero-order valence-corrected chi connectivity index (χ0v) is 6.46. The van der Waals surface area contributed by atoms with Crippen molar-refractivity contribution in [1.82, 2.24) is 0 Å². The second kappa shape index (κ2) is 1.89. The lowest BCUT2D eigenvalue weighted by molar-refractivity contribution is 1.79. The second-order valence-corrected chi connectivity index (χ2v) is 2.96. The average molecular weight is 150 g/mol. The molecule has 0 aliphatic heterocycles. The maximum atomic E-state index is 3.12. The molecule has 0 heteroatoms. The number of hydrogen-bond acceptors (Lipinski definition) is 0. The summed E-state index contributed by atoms with van der Waals surface area (Å²) in [6.45, 7) is 0. The molecule has 54 valence electrons. The lowest BCUT2D eigenvalue weighted by Crippen LogP contribution is -1.76. The van der Waals surface area contributed by atoms with E-state index in [1.165, 1.54) is 10.8 Å². The molecule has 0 saturated heterocycles. The molecule has 0 aliphatic carbocycles. The van der Waals surface area contributed by atoms with Crippen molar-refractivity contribution in [3.05, 3.63) is 48.5 Å². The molecule has 0 aliphatic rings. The Kier molecular flexibility index (Phi) is 0.924. The van der Waals surface area contributed by atoms with Crippen LogP contribution < -0.4 is 0 Å². The lowest BCUT2D eigenvalue weighted by atomic mass is 10.0. The first-order valence-electron chi connectivity index (χ1n) is 3.99. The third-order valence-corrected chi connectivity index (χ3v) is 2.26. The molecular weight excluding hydrogens is 144 g/mol. The average Bonchev–Trinajstić information content (AvgIpc) is 2.20. The highest BCUT2D eigenvalue weighted by molar-refractivity contribution is 6.07. The molecule has 0 unspecified atom stereocenters. The van der Waals surface area contributed by atoms with Gasteiger partial charge < -0.3 is 0 Å². The molecule has 0 spiro atoms. The maximum absolute atomic E-state index is 3.12. The summed E-state index contributed by atoms with van der Waals surface area (Å²) in [6.07, 6.45) is 0. The van der Waals surface area contributed by atoms with E-state index < -0.39 is 0 Å². The molecule has 0 amide bonds. The summed E-state index contributed by atoms with van der Waals surface area (Å²) in [5.74, 6) is 0. The van der Waals surface area contributed by atoms with E-state index in [1.807, 2.05) is 0 Å². The Labute approximate surface area is 70.8 Å². The van der Waals surface area contributed by atoms with E-state index in [0.29, 0.717) is 0 Å². The molecule has 0 atom stereocenters. The minimum Gasteiger partial charge on any atom is -0.0616 e. The van der Waals surface area contributed by atoms with Gasteiger partial charge in [-0.1, -0.05) is 36.4 Å². The fourth-order valence-corrected chi connectivity index (χ4v) is 1.65. The van der Waals surface area contributed by atoms with Crippen LogP contribution in [0.25, 0.3) is 21.5 Å². The minimum atomic E-state index is 1.15. The highest BCUT2D eigenvalue weighted by atomic mass is 14.0. The van der Waals surface area contributed by atoms with Gasteiger partial charge in [0.05, 0.1) is 0 Å². The topological polar surface area (TPSA) is 0 Å². The normalized spacial score (nSPS) is 10.7. The standard InChI is InChI=1S/C12H6/c1-2-4-12-10-7-5-9(6-8-10)11(12)3-1/h1-5,7H. The van der Waals surface area contributed by atoms with Crippen molar-refractivity contribution in [1.29, 1.82) is 0 Å². The van der Waals surface area contributed by atoms with Crippen LogP contribution in [-0.2, 0) is 0 Å². The molecule has 0 heterocycles.